The van der Waals surface area contributed by atoms with Gasteiger partial charge < -0.3 is 5.32 Å². The Morgan fingerprint density at radius 3 is 2.03 bits per heavy atom. The molecule has 0 saturated carbocycles. The van der Waals surface area contributed by atoms with Gasteiger partial charge in [-0.15, -0.1) is 0 Å². The van der Waals surface area contributed by atoms with Crippen molar-refractivity contribution in [1.82, 2.24) is 5.32 Å². The van der Waals surface area contributed by atoms with Crippen molar-refractivity contribution in [3.63, 3.8) is 0 Å². The number of nitrogens with one attached hydrogen (secondary N) is 1. The lowest BCUT2D eigenvalue weighted by atomic mass is 10.0. The summed E-state index contributed by atoms with van der Waals surface area (Å²) in [5.74, 6) is -1.44. The molecule has 2 aromatic rings. The Kier molecular flexibility index (Phi) is 7.52. The van der Waals surface area contributed by atoms with Crippen LogP contribution in [-0.4, -0.2) is 17.3 Å². The van der Waals surface area contributed by atoms with Gasteiger partial charge in [-0.05, 0) is 53.1 Å². The number of amides is 1. The highest BCUT2D eigenvalue weighted by Crippen LogP contribution is 2.36. The Balaban J connectivity index is 2.31. The van der Waals surface area contributed by atoms with Crippen molar-refractivity contribution in [2.24, 2.45) is 0 Å². The minimum Gasteiger partial charge on any atom is -0.337 e. The fourth-order valence-corrected chi connectivity index (χ4v) is 2.85. The summed E-state index contributed by atoms with van der Waals surface area (Å²) >= 11 is 5.09. The molecular formula is C20H11ClF9NO2. The second-order valence-electron chi connectivity index (χ2n) is 6.52. The van der Waals surface area contributed by atoms with Gasteiger partial charge in [0.1, 0.15) is 0 Å². The number of halogens is 10. The van der Waals surface area contributed by atoms with E-state index in [1.165, 1.54) is 5.32 Å². The number of rotatable bonds is 5. The van der Waals surface area contributed by atoms with Gasteiger partial charge in [0.2, 0.25) is 5.91 Å². The molecule has 3 nitrogen and oxygen atoms in total. The molecule has 2 aromatic carbocycles. The Morgan fingerprint density at radius 2 is 1.52 bits per heavy atom. The predicted octanol–water partition coefficient (Wildman–Crippen LogP) is 6.54. The third-order valence-corrected chi connectivity index (χ3v) is 4.35. The van der Waals surface area contributed by atoms with Crippen LogP contribution in [0.4, 0.5) is 39.5 Å². The van der Waals surface area contributed by atoms with Crippen LogP contribution in [0.3, 0.4) is 0 Å². The van der Waals surface area contributed by atoms with Gasteiger partial charge in [-0.2, -0.15) is 39.5 Å². The van der Waals surface area contributed by atoms with Crippen LogP contribution in [0.1, 0.15) is 38.7 Å². The van der Waals surface area contributed by atoms with E-state index in [-0.39, 0.29) is 11.6 Å². The van der Waals surface area contributed by atoms with E-state index in [9.17, 15) is 49.1 Å². The van der Waals surface area contributed by atoms with Crippen molar-refractivity contribution in [3.8, 4) is 0 Å². The molecule has 0 spiro atoms. The number of hydrogen-bond acceptors (Lipinski definition) is 2. The molecule has 2 rings (SSSR count). The van der Waals surface area contributed by atoms with Gasteiger partial charge in [0.05, 0.1) is 11.1 Å². The van der Waals surface area contributed by atoms with Crippen LogP contribution in [0.25, 0.3) is 6.08 Å². The maximum atomic E-state index is 13.4. The summed E-state index contributed by atoms with van der Waals surface area (Å²) < 4.78 is 118. The average Bonchev–Trinajstić information content (AvgIpc) is 2.68. The molecule has 1 atom stereocenters. The van der Waals surface area contributed by atoms with Crippen molar-refractivity contribution >= 4 is 28.8 Å². The van der Waals surface area contributed by atoms with Crippen molar-refractivity contribution < 1.29 is 49.1 Å². The molecule has 0 heterocycles. The second kappa shape index (κ2) is 9.46. The molecule has 0 radical (unpaired) electrons. The van der Waals surface area contributed by atoms with Gasteiger partial charge in [0, 0.05) is 11.6 Å². The van der Waals surface area contributed by atoms with E-state index in [4.69, 9.17) is 11.6 Å². The summed E-state index contributed by atoms with van der Waals surface area (Å²) in [6.45, 7) is 0. The van der Waals surface area contributed by atoms with Crippen LogP contribution in [0.2, 0.25) is 0 Å². The molecule has 0 aliphatic rings. The zero-order valence-electron chi connectivity index (χ0n) is 15.9. The van der Waals surface area contributed by atoms with E-state index < -0.39 is 58.0 Å². The van der Waals surface area contributed by atoms with E-state index in [0.717, 1.165) is 30.3 Å². The van der Waals surface area contributed by atoms with Crippen LogP contribution in [0.15, 0.2) is 48.5 Å². The van der Waals surface area contributed by atoms with E-state index in [2.05, 4.69) is 0 Å². The fourth-order valence-electron chi connectivity index (χ4n) is 2.68. The monoisotopic (exact) mass is 503 g/mol. The molecule has 0 aliphatic carbocycles. The highest BCUT2D eigenvalue weighted by atomic mass is 35.5. The lowest BCUT2D eigenvalue weighted by Gasteiger charge is -2.22. The third-order valence-electron chi connectivity index (χ3n) is 4.15. The van der Waals surface area contributed by atoms with Crippen molar-refractivity contribution in [1.29, 1.82) is 0 Å². The van der Waals surface area contributed by atoms with Crippen LogP contribution in [0, 0.1) is 0 Å². The van der Waals surface area contributed by atoms with Gasteiger partial charge in [-0.25, -0.2) is 0 Å². The van der Waals surface area contributed by atoms with E-state index in [1.54, 1.807) is 0 Å². The van der Waals surface area contributed by atoms with Crippen LogP contribution < -0.4 is 5.32 Å². The minimum atomic E-state index is -5.18. The minimum absolute atomic E-state index is 0.222. The van der Waals surface area contributed by atoms with Crippen molar-refractivity contribution in [2.45, 2.75) is 24.6 Å². The molecule has 0 aliphatic heterocycles. The zero-order chi connectivity index (χ0) is 25.2. The molecule has 33 heavy (non-hydrogen) atoms. The third kappa shape index (κ3) is 6.98. The molecule has 1 N–H and O–H groups in total. The Bertz CT molecular complexity index is 1070. The first-order valence-corrected chi connectivity index (χ1v) is 9.01. The Morgan fingerprint density at radius 1 is 0.879 bits per heavy atom. The maximum Gasteiger partial charge on any atom is 0.417 e. The Labute approximate surface area is 184 Å². The van der Waals surface area contributed by atoms with Crippen molar-refractivity contribution in [2.75, 3.05) is 0 Å². The van der Waals surface area contributed by atoms with Gasteiger partial charge in [0.25, 0.3) is 5.24 Å². The molecule has 1 amide bonds. The lowest BCUT2D eigenvalue weighted by molar-refractivity contribution is -0.162. The summed E-state index contributed by atoms with van der Waals surface area (Å²) in [6, 6.07) is 1.55. The van der Waals surface area contributed by atoms with E-state index in [0.29, 0.717) is 18.2 Å². The first kappa shape index (κ1) is 26.2. The van der Waals surface area contributed by atoms with Gasteiger partial charge in [0.15, 0.2) is 6.04 Å². The summed E-state index contributed by atoms with van der Waals surface area (Å²) in [4.78, 5) is 23.1. The molecule has 13 heteroatoms. The first-order chi connectivity index (χ1) is 15.0. The second-order valence-corrected chi connectivity index (χ2v) is 6.86. The summed E-state index contributed by atoms with van der Waals surface area (Å²) in [6.07, 6.45) is -13.9. The summed E-state index contributed by atoms with van der Waals surface area (Å²) in [7, 11) is 0. The van der Waals surface area contributed by atoms with Gasteiger partial charge in [-0.3, -0.25) is 9.59 Å². The predicted molar refractivity (Wildman–Crippen MR) is 99.0 cm³/mol. The number of carbonyl (C=O) groups is 2. The standard InChI is InChI=1S/C20H11ClF9NO2/c21-17(33)13-6-4-10(8-14(13)19(25,26)27)5-7-15(32)31-16(20(28,29)30)11-2-1-3-12(9-11)18(22,23)24/h1-9,16H,(H,31,32)/b7-5+. The average molecular weight is 504 g/mol. The molecule has 1 unspecified atom stereocenters. The molecule has 0 saturated heterocycles. The number of benzene rings is 2. The summed E-state index contributed by atoms with van der Waals surface area (Å²) in [5, 5.41) is 0.0827. The van der Waals surface area contributed by atoms with Gasteiger partial charge in [-0.1, -0.05) is 18.2 Å². The molecule has 0 bridgehead atoms. The highest BCUT2D eigenvalue weighted by molar-refractivity contribution is 6.67. The normalized spacial score (nSPS) is 13.8. The Hall–Kier alpha value is -3.02. The zero-order valence-corrected chi connectivity index (χ0v) is 16.6. The molecule has 0 fully saturated rings. The van der Waals surface area contributed by atoms with Crippen molar-refractivity contribution in [3.05, 3.63) is 76.4 Å². The quantitative estimate of drug-likeness (QED) is 0.286. The largest absolute Gasteiger partial charge is 0.417 e. The van der Waals surface area contributed by atoms with Crippen LogP contribution >= 0.6 is 11.6 Å². The van der Waals surface area contributed by atoms with Crippen LogP contribution in [-0.2, 0) is 17.1 Å². The smallest absolute Gasteiger partial charge is 0.337 e. The highest BCUT2D eigenvalue weighted by Gasteiger charge is 2.42. The van der Waals surface area contributed by atoms with E-state index >= 15 is 0 Å². The van der Waals surface area contributed by atoms with E-state index in [1.807, 2.05) is 0 Å². The summed E-state index contributed by atoms with van der Waals surface area (Å²) in [5.41, 5.74) is -4.87. The molecular weight excluding hydrogens is 493 g/mol. The van der Waals surface area contributed by atoms with Gasteiger partial charge >= 0.3 is 18.5 Å². The lowest BCUT2D eigenvalue weighted by Crippen LogP contribution is -2.37. The fraction of sp³-hybridized carbons (Fsp3) is 0.200. The maximum absolute atomic E-state index is 13.4. The van der Waals surface area contributed by atoms with Crippen LogP contribution in [0.5, 0.6) is 0 Å². The number of hydrogen-bond donors (Lipinski definition) is 1. The first-order valence-electron chi connectivity index (χ1n) is 8.63. The number of carbonyl (C=O) groups excluding carboxylic acids is 2. The molecule has 178 valence electrons. The number of alkyl halides is 9. The molecule has 0 aromatic heterocycles. The topological polar surface area (TPSA) is 46.2 Å². The SMILES string of the molecule is O=C(/C=C/c1ccc(C(=O)Cl)c(C(F)(F)F)c1)NC(c1cccc(C(F)(F)F)c1)C(F)(F)F.